The first-order valence-corrected chi connectivity index (χ1v) is 12.2. The summed E-state index contributed by atoms with van der Waals surface area (Å²) in [7, 11) is -3.83. The normalized spacial score (nSPS) is 17.8. The van der Waals surface area contributed by atoms with Crippen molar-refractivity contribution in [3.05, 3.63) is 52.8 Å². The third-order valence-electron chi connectivity index (χ3n) is 5.59. The SMILES string of the molecule is CC1Cc2cc(S(=O)(=O)NCCC(=O)Nc3ccc(F)c(Cl)c3)ccc2N1C(=O)C1CC1. The largest absolute Gasteiger partial charge is 0.326 e. The average molecular weight is 480 g/mol. The topological polar surface area (TPSA) is 95.6 Å². The fraction of sp³-hybridized carbons (Fsp3) is 0.364. The first-order valence-electron chi connectivity index (χ1n) is 10.4. The Morgan fingerprint density at radius 3 is 2.62 bits per heavy atom. The van der Waals surface area contributed by atoms with Crippen molar-refractivity contribution in [2.24, 2.45) is 5.92 Å². The van der Waals surface area contributed by atoms with Crippen molar-refractivity contribution < 1.29 is 22.4 Å². The number of hydrogen-bond acceptors (Lipinski definition) is 4. The maximum atomic E-state index is 13.2. The molecule has 2 N–H and O–H groups in total. The fourth-order valence-electron chi connectivity index (χ4n) is 3.82. The summed E-state index contributed by atoms with van der Waals surface area (Å²) in [5, 5.41) is 2.42. The van der Waals surface area contributed by atoms with Crippen LogP contribution < -0.4 is 14.9 Å². The minimum Gasteiger partial charge on any atom is -0.326 e. The number of amides is 2. The van der Waals surface area contributed by atoms with Gasteiger partial charge < -0.3 is 10.2 Å². The summed E-state index contributed by atoms with van der Waals surface area (Å²) in [4.78, 5) is 26.5. The lowest BCUT2D eigenvalue weighted by atomic mass is 10.1. The maximum Gasteiger partial charge on any atom is 0.240 e. The van der Waals surface area contributed by atoms with Crippen molar-refractivity contribution in [3.63, 3.8) is 0 Å². The molecule has 7 nitrogen and oxygen atoms in total. The zero-order valence-corrected chi connectivity index (χ0v) is 19.0. The zero-order valence-electron chi connectivity index (χ0n) is 17.4. The number of nitrogens with one attached hydrogen (secondary N) is 2. The van der Waals surface area contributed by atoms with Gasteiger partial charge in [-0.15, -0.1) is 0 Å². The molecule has 1 atom stereocenters. The lowest BCUT2D eigenvalue weighted by Gasteiger charge is -2.22. The van der Waals surface area contributed by atoms with E-state index < -0.39 is 21.7 Å². The molecule has 1 unspecified atom stereocenters. The van der Waals surface area contributed by atoms with Crippen molar-refractivity contribution in [3.8, 4) is 0 Å². The zero-order chi connectivity index (χ0) is 23.0. The highest BCUT2D eigenvalue weighted by Gasteiger charge is 2.39. The van der Waals surface area contributed by atoms with Gasteiger partial charge in [0.05, 0.1) is 9.92 Å². The quantitative estimate of drug-likeness (QED) is 0.635. The summed E-state index contributed by atoms with van der Waals surface area (Å²) in [5.74, 6) is -0.836. The van der Waals surface area contributed by atoms with Gasteiger partial charge in [-0.3, -0.25) is 9.59 Å². The number of carbonyl (C=O) groups excluding carboxylic acids is 2. The Balaban J connectivity index is 1.36. The summed E-state index contributed by atoms with van der Waals surface area (Å²) >= 11 is 5.68. The molecule has 1 heterocycles. The number of anilines is 2. The van der Waals surface area contributed by atoms with Crippen LogP contribution in [-0.4, -0.2) is 32.8 Å². The van der Waals surface area contributed by atoms with E-state index in [1.807, 2.05) is 6.92 Å². The first-order chi connectivity index (χ1) is 15.2. The van der Waals surface area contributed by atoms with Crippen LogP contribution in [0.1, 0.15) is 31.7 Å². The molecule has 0 spiro atoms. The van der Waals surface area contributed by atoms with E-state index in [9.17, 15) is 22.4 Å². The van der Waals surface area contributed by atoms with Gasteiger partial charge >= 0.3 is 0 Å². The van der Waals surface area contributed by atoms with Crippen LogP contribution in [0.5, 0.6) is 0 Å². The molecule has 1 fully saturated rings. The van der Waals surface area contributed by atoms with Gasteiger partial charge in [-0.05, 0) is 68.1 Å². The molecule has 0 radical (unpaired) electrons. The van der Waals surface area contributed by atoms with Crippen LogP contribution in [0.25, 0.3) is 0 Å². The third-order valence-corrected chi connectivity index (χ3v) is 7.34. The van der Waals surface area contributed by atoms with E-state index in [0.717, 1.165) is 30.2 Å². The molecule has 10 heteroatoms. The van der Waals surface area contributed by atoms with Gasteiger partial charge in [0.15, 0.2) is 0 Å². The van der Waals surface area contributed by atoms with E-state index in [1.165, 1.54) is 18.2 Å². The van der Waals surface area contributed by atoms with Crippen molar-refractivity contribution in [1.29, 1.82) is 0 Å². The Labute approximate surface area is 191 Å². The Bertz CT molecular complexity index is 1180. The lowest BCUT2D eigenvalue weighted by Crippen LogP contribution is -2.36. The number of benzene rings is 2. The molecule has 2 aliphatic rings. The molecule has 1 aliphatic heterocycles. The summed E-state index contributed by atoms with van der Waals surface area (Å²) in [5.41, 5.74) is 1.91. The standard InChI is InChI=1S/C22H23ClFN3O4S/c1-13-10-15-11-17(5-7-20(15)27(13)22(29)14-2-3-14)32(30,31)25-9-8-21(28)26-16-4-6-19(24)18(23)12-16/h4-7,11-14,25H,2-3,8-10H2,1H3,(H,26,28). The maximum absolute atomic E-state index is 13.2. The summed E-state index contributed by atoms with van der Waals surface area (Å²) < 4.78 is 41.0. The number of nitrogens with zero attached hydrogens (tertiary/aromatic N) is 1. The second kappa shape index (κ2) is 8.80. The van der Waals surface area contributed by atoms with Gasteiger partial charge in [-0.2, -0.15) is 0 Å². The minimum atomic E-state index is -3.83. The molecule has 170 valence electrons. The first kappa shape index (κ1) is 22.7. The van der Waals surface area contributed by atoms with Crippen molar-refractivity contribution in [2.75, 3.05) is 16.8 Å². The molecule has 2 aromatic carbocycles. The van der Waals surface area contributed by atoms with Crippen LogP contribution in [0.2, 0.25) is 5.02 Å². The molecule has 32 heavy (non-hydrogen) atoms. The number of fused-ring (bicyclic) bond motifs is 1. The molecule has 1 aliphatic carbocycles. The summed E-state index contributed by atoms with van der Waals surface area (Å²) in [6.07, 6.45) is 2.31. The molecule has 0 bridgehead atoms. The van der Waals surface area contributed by atoms with Crippen LogP contribution in [0.15, 0.2) is 41.3 Å². The van der Waals surface area contributed by atoms with E-state index >= 15 is 0 Å². The average Bonchev–Trinajstić information content (AvgIpc) is 3.52. The van der Waals surface area contributed by atoms with E-state index in [1.54, 1.807) is 17.0 Å². The summed E-state index contributed by atoms with van der Waals surface area (Å²) in [6.45, 7) is 1.85. The van der Waals surface area contributed by atoms with E-state index in [2.05, 4.69) is 10.0 Å². The van der Waals surface area contributed by atoms with E-state index in [0.29, 0.717) is 12.1 Å². The molecule has 0 saturated heterocycles. The van der Waals surface area contributed by atoms with Gasteiger partial charge in [0.25, 0.3) is 0 Å². The van der Waals surface area contributed by atoms with Crippen LogP contribution in [0.4, 0.5) is 15.8 Å². The predicted octanol–water partition coefficient (Wildman–Crippen LogP) is 3.47. The second-order valence-corrected chi connectivity index (χ2v) is 10.3. The highest BCUT2D eigenvalue weighted by molar-refractivity contribution is 7.89. The van der Waals surface area contributed by atoms with Crippen LogP contribution in [0.3, 0.4) is 0 Å². The molecule has 4 rings (SSSR count). The Morgan fingerprint density at radius 2 is 1.94 bits per heavy atom. The van der Waals surface area contributed by atoms with Crippen molar-refractivity contribution in [2.45, 2.75) is 43.5 Å². The highest BCUT2D eigenvalue weighted by atomic mass is 35.5. The van der Waals surface area contributed by atoms with E-state index in [4.69, 9.17) is 11.6 Å². The molecule has 2 aromatic rings. The number of carbonyl (C=O) groups is 2. The Kier molecular flexibility index (Phi) is 6.24. The van der Waals surface area contributed by atoms with Gasteiger partial charge in [-0.1, -0.05) is 11.6 Å². The molecule has 2 amide bonds. The molecular formula is C22H23ClFN3O4S. The Morgan fingerprint density at radius 1 is 1.19 bits per heavy atom. The molecular weight excluding hydrogens is 457 g/mol. The van der Waals surface area contributed by atoms with Crippen LogP contribution in [0, 0.1) is 11.7 Å². The highest BCUT2D eigenvalue weighted by Crippen LogP contribution is 2.39. The number of sulfonamides is 1. The molecule has 1 saturated carbocycles. The summed E-state index contributed by atoms with van der Waals surface area (Å²) in [6, 6.07) is 8.52. The smallest absolute Gasteiger partial charge is 0.240 e. The third kappa shape index (κ3) is 4.79. The van der Waals surface area contributed by atoms with Crippen molar-refractivity contribution in [1.82, 2.24) is 4.72 Å². The minimum absolute atomic E-state index is 0.00678. The van der Waals surface area contributed by atoms with E-state index in [-0.39, 0.29) is 40.8 Å². The lowest BCUT2D eigenvalue weighted by molar-refractivity contribution is -0.120. The van der Waals surface area contributed by atoms with Crippen molar-refractivity contribution >= 4 is 44.8 Å². The van der Waals surface area contributed by atoms with Gasteiger partial charge in [-0.25, -0.2) is 17.5 Å². The van der Waals surface area contributed by atoms with Gasteiger partial charge in [0.1, 0.15) is 5.82 Å². The van der Waals surface area contributed by atoms with Gasteiger partial charge in [0.2, 0.25) is 21.8 Å². The number of hydrogen-bond donors (Lipinski definition) is 2. The monoisotopic (exact) mass is 479 g/mol. The number of halogens is 2. The predicted molar refractivity (Wildman–Crippen MR) is 120 cm³/mol. The van der Waals surface area contributed by atoms with Crippen LogP contribution >= 0.6 is 11.6 Å². The fourth-order valence-corrected chi connectivity index (χ4v) is 5.08. The molecule has 0 aromatic heterocycles. The van der Waals surface area contributed by atoms with Gasteiger partial charge in [0, 0.05) is 36.3 Å². The number of rotatable bonds is 7. The second-order valence-electron chi connectivity index (χ2n) is 8.15. The van der Waals surface area contributed by atoms with Crippen LogP contribution in [-0.2, 0) is 26.0 Å². The Hall–Kier alpha value is -2.49.